The largest absolute Gasteiger partial charge is 0.496 e. The summed E-state index contributed by atoms with van der Waals surface area (Å²) < 4.78 is 20.9. The number of methoxy groups -OCH3 is 3. The number of rotatable bonds is 9. The molecule has 0 aliphatic carbocycles. The fraction of sp³-hybridized carbons (Fsp3) is 0.222. The van der Waals surface area contributed by atoms with Gasteiger partial charge in [0.2, 0.25) is 0 Å². The summed E-state index contributed by atoms with van der Waals surface area (Å²) in [5, 5.41) is 14.8. The molecule has 148 valence electrons. The zero-order valence-corrected chi connectivity index (χ0v) is 15.5. The van der Waals surface area contributed by atoms with Gasteiger partial charge in [0.25, 0.3) is 5.91 Å². The number of ether oxygens (including phenoxy) is 4. The lowest BCUT2D eigenvalue weighted by Crippen LogP contribution is -2.24. The molecule has 1 N–H and O–H groups in total. The summed E-state index contributed by atoms with van der Waals surface area (Å²) in [6, 6.07) is 9.05. The van der Waals surface area contributed by atoms with Gasteiger partial charge in [0.1, 0.15) is 17.2 Å². The number of carbonyl (C=O) groups is 1. The van der Waals surface area contributed by atoms with Crippen LogP contribution in [0.2, 0.25) is 0 Å². The average Bonchev–Trinajstić information content (AvgIpc) is 2.72. The molecule has 0 radical (unpaired) electrons. The van der Waals surface area contributed by atoms with Crippen LogP contribution in [0.3, 0.4) is 0 Å². The number of para-hydroxylation sites is 2. The molecule has 0 heterocycles. The number of nitrogens with one attached hydrogen (secondary N) is 1. The highest BCUT2D eigenvalue weighted by molar-refractivity contribution is 5.89. The van der Waals surface area contributed by atoms with Crippen LogP contribution in [0.5, 0.6) is 23.0 Å². The van der Waals surface area contributed by atoms with Crippen molar-refractivity contribution < 1.29 is 28.7 Å². The van der Waals surface area contributed by atoms with Gasteiger partial charge in [-0.2, -0.15) is 5.10 Å². The number of amides is 1. The fourth-order valence-corrected chi connectivity index (χ4v) is 2.23. The summed E-state index contributed by atoms with van der Waals surface area (Å²) in [5.74, 6) is 0.800. The lowest BCUT2D eigenvalue weighted by molar-refractivity contribution is -0.385. The number of nitrogens with zero attached hydrogens (tertiary/aromatic N) is 2. The first-order valence-electron chi connectivity index (χ1n) is 7.98. The molecule has 2 rings (SSSR count). The molecule has 0 unspecified atom stereocenters. The Morgan fingerprint density at radius 1 is 1.11 bits per heavy atom. The van der Waals surface area contributed by atoms with Gasteiger partial charge in [-0.1, -0.05) is 12.1 Å². The number of nitro benzene ring substituents is 1. The second kappa shape index (κ2) is 9.76. The normalized spacial score (nSPS) is 10.4. The number of hydrazone groups is 1. The van der Waals surface area contributed by atoms with Crippen LogP contribution in [0.15, 0.2) is 41.5 Å². The van der Waals surface area contributed by atoms with Crippen molar-refractivity contribution in [1.29, 1.82) is 0 Å². The Morgan fingerprint density at radius 3 is 2.32 bits per heavy atom. The van der Waals surface area contributed by atoms with E-state index in [0.717, 1.165) is 0 Å². The Hall–Kier alpha value is -3.82. The first kappa shape index (κ1) is 20.5. The molecule has 28 heavy (non-hydrogen) atoms. The summed E-state index contributed by atoms with van der Waals surface area (Å²) in [4.78, 5) is 22.2. The highest BCUT2D eigenvalue weighted by Gasteiger charge is 2.15. The van der Waals surface area contributed by atoms with E-state index in [4.69, 9.17) is 18.9 Å². The highest BCUT2D eigenvalue weighted by Crippen LogP contribution is 2.32. The Morgan fingerprint density at radius 2 is 1.75 bits per heavy atom. The van der Waals surface area contributed by atoms with E-state index in [0.29, 0.717) is 22.8 Å². The number of hydrogen-bond donors (Lipinski definition) is 1. The van der Waals surface area contributed by atoms with Crippen LogP contribution in [0, 0.1) is 10.1 Å². The minimum atomic E-state index is -0.596. The van der Waals surface area contributed by atoms with Gasteiger partial charge in [0, 0.05) is 18.2 Å². The third-order valence-corrected chi connectivity index (χ3v) is 3.56. The van der Waals surface area contributed by atoms with Crippen molar-refractivity contribution in [1.82, 2.24) is 5.43 Å². The minimum Gasteiger partial charge on any atom is -0.496 e. The van der Waals surface area contributed by atoms with Gasteiger partial charge in [-0.05, 0) is 6.07 Å². The molecule has 2 aromatic rings. The van der Waals surface area contributed by atoms with E-state index in [1.165, 1.54) is 45.7 Å². The van der Waals surface area contributed by atoms with Crippen LogP contribution in [0.25, 0.3) is 0 Å². The lowest BCUT2D eigenvalue weighted by Gasteiger charge is -2.12. The van der Waals surface area contributed by atoms with Crippen LogP contribution < -0.4 is 24.4 Å². The Balaban J connectivity index is 2.03. The van der Waals surface area contributed by atoms with Crippen LogP contribution >= 0.6 is 0 Å². The van der Waals surface area contributed by atoms with Gasteiger partial charge in [-0.3, -0.25) is 14.9 Å². The zero-order valence-electron chi connectivity index (χ0n) is 15.5. The number of hydrogen-bond acceptors (Lipinski definition) is 8. The first-order chi connectivity index (χ1) is 13.5. The number of benzene rings is 2. The van der Waals surface area contributed by atoms with Crippen LogP contribution in [0.1, 0.15) is 5.56 Å². The molecule has 0 spiro atoms. The molecule has 0 saturated carbocycles. The molecule has 0 aliphatic heterocycles. The van der Waals surface area contributed by atoms with E-state index in [2.05, 4.69) is 10.5 Å². The predicted molar refractivity (Wildman–Crippen MR) is 100 cm³/mol. The van der Waals surface area contributed by atoms with Gasteiger partial charge < -0.3 is 18.9 Å². The van der Waals surface area contributed by atoms with Crippen LogP contribution in [-0.4, -0.2) is 45.0 Å². The molecule has 10 heteroatoms. The van der Waals surface area contributed by atoms with Gasteiger partial charge in [-0.25, -0.2) is 5.43 Å². The van der Waals surface area contributed by atoms with Gasteiger partial charge >= 0.3 is 5.69 Å². The second-order valence-corrected chi connectivity index (χ2v) is 5.25. The van der Waals surface area contributed by atoms with E-state index in [-0.39, 0.29) is 11.4 Å². The maximum absolute atomic E-state index is 11.9. The monoisotopic (exact) mass is 389 g/mol. The zero-order chi connectivity index (χ0) is 20.5. The topological polar surface area (TPSA) is 122 Å². The second-order valence-electron chi connectivity index (χ2n) is 5.25. The fourth-order valence-electron chi connectivity index (χ4n) is 2.23. The van der Waals surface area contributed by atoms with E-state index in [1.54, 1.807) is 18.2 Å². The van der Waals surface area contributed by atoms with E-state index in [9.17, 15) is 14.9 Å². The summed E-state index contributed by atoms with van der Waals surface area (Å²) in [5.41, 5.74) is 2.54. The van der Waals surface area contributed by atoms with E-state index < -0.39 is 17.4 Å². The summed E-state index contributed by atoms with van der Waals surface area (Å²) in [6.07, 6.45) is 1.35. The predicted octanol–water partition coefficient (Wildman–Crippen LogP) is 2.15. The highest BCUT2D eigenvalue weighted by atomic mass is 16.6. The molecule has 0 aliphatic rings. The smallest absolute Gasteiger partial charge is 0.310 e. The van der Waals surface area contributed by atoms with E-state index >= 15 is 0 Å². The average molecular weight is 389 g/mol. The number of carbonyl (C=O) groups excluding carboxylic acids is 1. The molecular weight excluding hydrogens is 370 g/mol. The molecule has 1 amide bonds. The van der Waals surface area contributed by atoms with Gasteiger partial charge in [-0.15, -0.1) is 0 Å². The Kier molecular flexibility index (Phi) is 7.14. The van der Waals surface area contributed by atoms with Crippen LogP contribution in [-0.2, 0) is 4.79 Å². The van der Waals surface area contributed by atoms with Crippen molar-refractivity contribution >= 4 is 17.8 Å². The molecule has 0 bridgehead atoms. The minimum absolute atomic E-state index is 0.00915. The summed E-state index contributed by atoms with van der Waals surface area (Å²) in [6.45, 7) is -0.445. The third-order valence-electron chi connectivity index (χ3n) is 3.56. The van der Waals surface area contributed by atoms with Gasteiger partial charge in [0.05, 0.1) is 38.0 Å². The van der Waals surface area contributed by atoms with Crippen LogP contribution in [0.4, 0.5) is 5.69 Å². The standard InChI is InChI=1S/C18H19N3O7/c1-25-12-8-16(26-2)13(17(9-12)27-3)10-19-20-18(22)11-28-15-7-5-4-6-14(15)21(23)24/h4-10H,11H2,1-3H3,(H,20,22)/b19-10-. The molecule has 0 aromatic heterocycles. The van der Waals surface area contributed by atoms with Crippen molar-refractivity contribution in [2.75, 3.05) is 27.9 Å². The maximum atomic E-state index is 11.9. The van der Waals surface area contributed by atoms with Crippen molar-refractivity contribution in [3.05, 3.63) is 52.1 Å². The molecular formula is C18H19N3O7. The van der Waals surface area contributed by atoms with E-state index in [1.807, 2.05) is 0 Å². The molecule has 0 atom stereocenters. The Bertz CT molecular complexity index is 858. The van der Waals surface area contributed by atoms with Crippen molar-refractivity contribution in [2.24, 2.45) is 5.10 Å². The molecule has 0 saturated heterocycles. The quantitative estimate of drug-likeness (QED) is 0.396. The van der Waals surface area contributed by atoms with Crippen molar-refractivity contribution in [2.45, 2.75) is 0 Å². The summed E-state index contributed by atoms with van der Waals surface area (Å²) in [7, 11) is 4.47. The first-order valence-corrected chi connectivity index (χ1v) is 7.98. The lowest BCUT2D eigenvalue weighted by atomic mass is 10.2. The maximum Gasteiger partial charge on any atom is 0.310 e. The molecule has 0 fully saturated rings. The molecule has 2 aromatic carbocycles. The third kappa shape index (κ3) is 5.10. The SMILES string of the molecule is COc1cc(OC)c(/C=N\NC(=O)COc2ccccc2[N+](=O)[O-])c(OC)c1. The summed E-state index contributed by atoms with van der Waals surface area (Å²) >= 11 is 0. The Labute approximate surface area is 160 Å². The number of nitro groups is 1. The van der Waals surface area contributed by atoms with Gasteiger partial charge in [0.15, 0.2) is 12.4 Å². The van der Waals surface area contributed by atoms with Crippen molar-refractivity contribution in [3.63, 3.8) is 0 Å². The van der Waals surface area contributed by atoms with Crippen molar-refractivity contribution in [3.8, 4) is 23.0 Å². The molecule has 10 nitrogen and oxygen atoms in total.